The molecule has 16 heavy (non-hydrogen) atoms. The van der Waals surface area contributed by atoms with Crippen molar-refractivity contribution in [2.24, 2.45) is 0 Å². The molecule has 1 heterocycles. The minimum absolute atomic E-state index is 0.480. The van der Waals surface area contributed by atoms with E-state index >= 15 is 0 Å². The molecule has 0 spiro atoms. The van der Waals surface area contributed by atoms with Crippen molar-refractivity contribution in [1.29, 1.82) is 0 Å². The highest BCUT2D eigenvalue weighted by molar-refractivity contribution is 6.18. The van der Waals surface area contributed by atoms with E-state index in [1.54, 1.807) is 0 Å². The van der Waals surface area contributed by atoms with Crippen molar-refractivity contribution in [2.75, 3.05) is 45.1 Å². The van der Waals surface area contributed by atoms with E-state index in [2.05, 4.69) is 4.90 Å². The van der Waals surface area contributed by atoms with Gasteiger partial charge in [0.15, 0.2) is 0 Å². The molecule has 0 saturated carbocycles. The van der Waals surface area contributed by atoms with Crippen LogP contribution in [0.25, 0.3) is 0 Å². The zero-order valence-corrected chi connectivity index (χ0v) is 9.77. The summed E-state index contributed by atoms with van der Waals surface area (Å²) < 4.78 is 36.3. The number of allylic oxidation sites excluding steroid dienone is 1. The molecule has 0 amide bonds. The monoisotopic (exact) mass is 256 g/mol. The number of halogens is 4. The quantitative estimate of drug-likeness (QED) is 0.561. The first-order chi connectivity index (χ1) is 7.51. The van der Waals surface area contributed by atoms with Crippen LogP contribution in [0.3, 0.4) is 0 Å². The number of hydrogen-bond acceptors (Lipinski definition) is 2. The molecule has 0 bridgehead atoms. The molecular formula is C10H16ClF3N2. The fourth-order valence-corrected chi connectivity index (χ4v) is 1.80. The smallest absolute Gasteiger partial charge is 0.297 e. The molecule has 0 aliphatic carbocycles. The average Bonchev–Trinajstić information content (AvgIpc) is 2.19. The number of hydrogen-bond donors (Lipinski definition) is 0. The molecular weight excluding hydrogens is 241 g/mol. The van der Waals surface area contributed by atoms with Crippen LogP contribution < -0.4 is 0 Å². The molecule has 0 aromatic rings. The molecule has 1 rings (SSSR count). The van der Waals surface area contributed by atoms with Crippen LogP contribution in [-0.2, 0) is 0 Å². The lowest BCUT2D eigenvalue weighted by molar-refractivity contribution is -0.149. The lowest BCUT2D eigenvalue weighted by Crippen LogP contribution is -2.49. The van der Waals surface area contributed by atoms with E-state index in [4.69, 9.17) is 11.6 Å². The summed E-state index contributed by atoms with van der Waals surface area (Å²) >= 11 is 5.48. The van der Waals surface area contributed by atoms with E-state index in [-0.39, 0.29) is 0 Å². The first kappa shape index (κ1) is 13.8. The Morgan fingerprint density at radius 1 is 1.00 bits per heavy atom. The van der Waals surface area contributed by atoms with Crippen molar-refractivity contribution < 1.29 is 13.2 Å². The lowest BCUT2D eigenvalue weighted by Gasteiger charge is -2.34. The molecule has 1 aliphatic heterocycles. The molecule has 1 saturated heterocycles. The molecule has 0 unspecified atom stereocenters. The Bertz CT molecular complexity index is 223. The first-order valence-electron chi connectivity index (χ1n) is 5.23. The minimum Gasteiger partial charge on any atom is -0.297 e. The van der Waals surface area contributed by atoms with Crippen LogP contribution in [0, 0.1) is 0 Å². The summed E-state index contributed by atoms with van der Waals surface area (Å²) in [6.45, 7) is 2.30. The van der Waals surface area contributed by atoms with Crippen molar-refractivity contribution in [3.8, 4) is 0 Å². The first-order valence-corrected chi connectivity index (χ1v) is 5.77. The van der Waals surface area contributed by atoms with Crippen molar-refractivity contribution in [2.45, 2.75) is 6.18 Å². The molecule has 1 aliphatic rings. The van der Waals surface area contributed by atoms with Gasteiger partial charge < -0.3 is 0 Å². The summed E-state index contributed by atoms with van der Waals surface area (Å²) in [5.74, 6) is 0.480. The second kappa shape index (κ2) is 6.47. The van der Waals surface area contributed by atoms with Crippen LogP contribution in [0.2, 0.25) is 0 Å². The predicted octanol–water partition coefficient (Wildman–Crippen LogP) is 1.96. The van der Waals surface area contributed by atoms with E-state index in [9.17, 15) is 13.2 Å². The molecule has 94 valence electrons. The van der Waals surface area contributed by atoms with Gasteiger partial charge in [-0.25, -0.2) is 0 Å². The Balaban J connectivity index is 2.21. The fraction of sp³-hybridized carbons (Fsp3) is 0.800. The molecule has 6 heteroatoms. The van der Waals surface area contributed by atoms with Crippen molar-refractivity contribution in [1.82, 2.24) is 9.80 Å². The highest BCUT2D eigenvalue weighted by Gasteiger charge is 2.31. The van der Waals surface area contributed by atoms with Gasteiger partial charge in [-0.1, -0.05) is 12.2 Å². The minimum atomic E-state index is -4.08. The maximum Gasteiger partial charge on any atom is 0.401 e. The Morgan fingerprint density at radius 2 is 1.56 bits per heavy atom. The predicted molar refractivity (Wildman–Crippen MR) is 58.8 cm³/mol. The van der Waals surface area contributed by atoms with E-state index in [1.165, 1.54) is 4.90 Å². The maximum atomic E-state index is 12.1. The molecule has 0 radical (unpaired) electrons. The second-order valence-corrected chi connectivity index (χ2v) is 4.13. The van der Waals surface area contributed by atoms with E-state index in [0.717, 1.165) is 6.54 Å². The summed E-state index contributed by atoms with van der Waals surface area (Å²) in [6, 6.07) is 0. The fourth-order valence-electron chi connectivity index (χ4n) is 1.67. The van der Waals surface area contributed by atoms with Crippen LogP contribution in [0.1, 0.15) is 0 Å². The van der Waals surface area contributed by atoms with Crippen LogP contribution in [0.5, 0.6) is 0 Å². The van der Waals surface area contributed by atoms with Crippen LogP contribution in [0.4, 0.5) is 13.2 Å². The van der Waals surface area contributed by atoms with Gasteiger partial charge in [-0.2, -0.15) is 13.2 Å². The summed E-state index contributed by atoms with van der Waals surface area (Å²) in [4.78, 5) is 3.57. The molecule has 0 N–H and O–H groups in total. The molecule has 1 fully saturated rings. The van der Waals surface area contributed by atoms with Crippen LogP contribution >= 0.6 is 11.6 Å². The van der Waals surface area contributed by atoms with Crippen molar-refractivity contribution >= 4 is 11.6 Å². The van der Waals surface area contributed by atoms with Gasteiger partial charge in [0.1, 0.15) is 0 Å². The Hall–Kier alpha value is -0.260. The Labute approximate surface area is 98.6 Å². The average molecular weight is 257 g/mol. The van der Waals surface area contributed by atoms with Crippen molar-refractivity contribution in [3.05, 3.63) is 12.2 Å². The van der Waals surface area contributed by atoms with Gasteiger partial charge in [0.2, 0.25) is 0 Å². The summed E-state index contributed by atoms with van der Waals surface area (Å²) in [7, 11) is 0. The SMILES string of the molecule is FC(F)(F)CN1CCN(CC=CCCl)CC1. The third-order valence-corrected chi connectivity index (χ3v) is 2.67. The van der Waals surface area contributed by atoms with Crippen molar-refractivity contribution in [3.63, 3.8) is 0 Å². The molecule has 0 aromatic carbocycles. The normalized spacial score (nSPS) is 20.8. The van der Waals surface area contributed by atoms with E-state index in [1.807, 2.05) is 12.2 Å². The topological polar surface area (TPSA) is 6.48 Å². The van der Waals surface area contributed by atoms with Gasteiger partial charge in [0.25, 0.3) is 0 Å². The maximum absolute atomic E-state index is 12.1. The number of rotatable bonds is 4. The third-order valence-electron chi connectivity index (χ3n) is 2.49. The lowest BCUT2D eigenvalue weighted by atomic mass is 10.3. The Kier molecular flexibility index (Phi) is 5.58. The van der Waals surface area contributed by atoms with Crippen LogP contribution in [0.15, 0.2) is 12.2 Å². The zero-order valence-electron chi connectivity index (χ0n) is 9.01. The zero-order chi connectivity index (χ0) is 12.0. The largest absolute Gasteiger partial charge is 0.401 e. The van der Waals surface area contributed by atoms with Gasteiger partial charge in [-0.3, -0.25) is 9.80 Å². The van der Waals surface area contributed by atoms with Gasteiger partial charge in [0, 0.05) is 38.6 Å². The highest BCUT2D eigenvalue weighted by atomic mass is 35.5. The van der Waals surface area contributed by atoms with Gasteiger partial charge in [-0.15, -0.1) is 11.6 Å². The van der Waals surface area contributed by atoms with Gasteiger partial charge in [0.05, 0.1) is 6.54 Å². The highest BCUT2D eigenvalue weighted by Crippen LogP contribution is 2.17. The third kappa shape index (κ3) is 5.72. The summed E-state index contributed by atoms with van der Waals surface area (Å²) in [5, 5.41) is 0. The molecule has 0 atom stereocenters. The molecule has 0 aromatic heterocycles. The summed E-state index contributed by atoms with van der Waals surface area (Å²) in [6.07, 6.45) is -0.281. The second-order valence-electron chi connectivity index (χ2n) is 3.82. The Morgan fingerprint density at radius 3 is 2.06 bits per heavy atom. The standard InChI is InChI=1S/C10H16ClF3N2/c11-3-1-2-4-15-5-7-16(8-6-15)9-10(12,13)14/h1-2H,3-9H2. The summed E-state index contributed by atoms with van der Waals surface area (Å²) in [5.41, 5.74) is 0. The van der Waals surface area contributed by atoms with Gasteiger partial charge >= 0.3 is 6.18 Å². The van der Waals surface area contributed by atoms with Crippen LogP contribution in [-0.4, -0.2) is 61.1 Å². The van der Waals surface area contributed by atoms with E-state index in [0.29, 0.717) is 32.1 Å². The molecule has 2 nitrogen and oxygen atoms in total. The van der Waals surface area contributed by atoms with E-state index < -0.39 is 12.7 Å². The van der Waals surface area contributed by atoms with Gasteiger partial charge in [-0.05, 0) is 0 Å². The number of alkyl halides is 4. The number of piperazine rings is 1. The number of nitrogens with zero attached hydrogens (tertiary/aromatic N) is 2.